The first kappa shape index (κ1) is 12.9. The lowest BCUT2D eigenvalue weighted by atomic mass is 9.73. The zero-order valence-corrected chi connectivity index (χ0v) is 12.9. The number of carbonyl (C=O) groups is 1. The fourth-order valence-corrected chi connectivity index (χ4v) is 6.79. The number of amides is 1. The Morgan fingerprint density at radius 3 is 2.67 bits per heavy atom. The minimum atomic E-state index is -0.405. The molecule has 2 aliphatic heterocycles. The van der Waals surface area contributed by atoms with Crippen molar-refractivity contribution in [1.82, 2.24) is 4.90 Å². The molecule has 0 aromatic rings. The molecule has 0 spiro atoms. The Morgan fingerprint density at radius 1 is 1.29 bits per heavy atom. The summed E-state index contributed by atoms with van der Waals surface area (Å²) in [5, 5.41) is 10.5. The predicted octanol–water partition coefficient (Wildman–Crippen LogP) is 1.77. The summed E-state index contributed by atoms with van der Waals surface area (Å²) in [4.78, 5) is 15.2. The molecule has 7 unspecified atom stereocenters. The lowest BCUT2D eigenvalue weighted by Crippen LogP contribution is -2.57. The zero-order chi connectivity index (χ0) is 14.5. The fourth-order valence-electron chi connectivity index (χ4n) is 6.79. The number of hydrogen-bond acceptors (Lipinski definition) is 3. The van der Waals surface area contributed by atoms with Gasteiger partial charge in [0.25, 0.3) is 0 Å². The van der Waals surface area contributed by atoms with Crippen molar-refractivity contribution in [3.63, 3.8) is 0 Å². The molecule has 1 N–H and O–H groups in total. The first-order valence-electron chi connectivity index (χ1n) is 8.76. The van der Waals surface area contributed by atoms with Gasteiger partial charge in [0.05, 0.1) is 18.1 Å². The van der Waals surface area contributed by atoms with Crippen molar-refractivity contribution in [2.45, 2.75) is 69.9 Å². The van der Waals surface area contributed by atoms with Gasteiger partial charge in [0.2, 0.25) is 5.91 Å². The quantitative estimate of drug-likeness (QED) is 0.843. The SMILES string of the molecule is CC(C)N1C(=O)C2C3CC4C(OC1(C1CCCC1)C42)C3O. The molecule has 4 heteroatoms. The highest BCUT2D eigenvalue weighted by molar-refractivity contribution is 5.85. The molecule has 116 valence electrons. The van der Waals surface area contributed by atoms with Gasteiger partial charge in [-0.1, -0.05) is 12.8 Å². The van der Waals surface area contributed by atoms with Gasteiger partial charge < -0.3 is 14.7 Å². The van der Waals surface area contributed by atoms with Crippen molar-refractivity contribution in [3.8, 4) is 0 Å². The zero-order valence-electron chi connectivity index (χ0n) is 12.9. The van der Waals surface area contributed by atoms with E-state index in [1.54, 1.807) is 0 Å². The highest BCUT2D eigenvalue weighted by Gasteiger charge is 2.79. The Labute approximate surface area is 125 Å². The Bertz CT molecular complexity index is 500. The molecule has 0 aromatic heterocycles. The lowest BCUT2D eigenvalue weighted by Gasteiger charge is -2.45. The third-order valence-corrected chi connectivity index (χ3v) is 7.21. The van der Waals surface area contributed by atoms with Gasteiger partial charge in [0.1, 0.15) is 0 Å². The number of ether oxygens (including phenoxy) is 1. The Morgan fingerprint density at radius 2 is 2.00 bits per heavy atom. The van der Waals surface area contributed by atoms with Crippen LogP contribution < -0.4 is 0 Å². The predicted molar refractivity (Wildman–Crippen MR) is 76.1 cm³/mol. The van der Waals surface area contributed by atoms with E-state index in [4.69, 9.17) is 4.74 Å². The van der Waals surface area contributed by atoms with Crippen molar-refractivity contribution in [3.05, 3.63) is 0 Å². The molecule has 5 rings (SSSR count). The molecule has 5 fully saturated rings. The number of fused-ring (bicyclic) bond motifs is 2. The number of aliphatic hydroxyl groups excluding tert-OH is 1. The first-order chi connectivity index (χ1) is 10.1. The van der Waals surface area contributed by atoms with Crippen LogP contribution in [-0.2, 0) is 9.53 Å². The van der Waals surface area contributed by atoms with Gasteiger partial charge >= 0.3 is 0 Å². The van der Waals surface area contributed by atoms with Crippen molar-refractivity contribution >= 4 is 5.91 Å². The van der Waals surface area contributed by atoms with Crippen LogP contribution in [0.4, 0.5) is 0 Å². The molecule has 1 amide bonds. The minimum Gasteiger partial charge on any atom is -0.390 e. The van der Waals surface area contributed by atoms with Crippen LogP contribution in [0.2, 0.25) is 0 Å². The van der Waals surface area contributed by atoms with Crippen molar-refractivity contribution in [2.75, 3.05) is 0 Å². The van der Waals surface area contributed by atoms with Gasteiger partial charge in [0, 0.05) is 17.9 Å². The van der Waals surface area contributed by atoms with Crippen molar-refractivity contribution < 1.29 is 14.6 Å². The van der Waals surface area contributed by atoms with E-state index in [-0.39, 0.29) is 35.6 Å². The number of aliphatic hydroxyl groups is 1. The molecule has 7 atom stereocenters. The molecular weight excluding hydrogens is 266 g/mol. The Balaban J connectivity index is 1.68. The summed E-state index contributed by atoms with van der Waals surface area (Å²) in [5.41, 5.74) is -0.381. The van der Waals surface area contributed by atoms with E-state index < -0.39 is 6.10 Å². The Kier molecular flexibility index (Phi) is 2.35. The van der Waals surface area contributed by atoms with E-state index in [0.29, 0.717) is 17.8 Å². The number of likely N-dealkylation sites (tertiary alicyclic amines) is 1. The van der Waals surface area contributed by atoms with E-state index in [1.165, 1.54) is 25.7 Å². The summed E-state index contributed by atoms with van der Waals surface area (Å²) in [6.45, 7) is 4.24. The third-order valence-electron chi connectivity index (χ3n) is 7.21. The number of hydrogen-bond donors (Lipinski definition) is 1. The van der Waals surface area contributed by atoms with E-state index in [1.807, 2.05) is 0 Å². The normalized spacial score (nSPS) is 54.7. The molecule has 3 aliphatic carbocycles. The van der Waals surface area contributed by atoms with Gasteiger partial charge in [-0.05, 0) is 44.9 Å². The molecule has 5 aliphatic rings. The third kappa shape index (κ3) is 1.22. The molecule has 0 aromatic carbocycles. The average Bonchev–Trinajstić information content (AvgIpc) is 3.16. The maximum Gasteiger partial charge on any atom is 0.229 e. The molecule has 3 saturated carbocycles. The molecule has 4 nitrogen and oxygen atoms in total. The average molecular weight is 291 g/mol. The second kappa shape index (κ2) is 3.83. The number of carbonyl (C=O) groups excluding carboxylic acids is 1. The van der Waals surface area contributed by atoms with E-state index in [9.17, 15) is 9.90 Å². The Hall–Kier alpha value is -0.610. The van der Waals surface area contributed by atoms with E-state index in [0.717, 1.165) is 6.42 Å². The summed E-state index contributed by atoms with van der Waals surface area (Å²) in [6.07, 6.45) is 5.47. The highest BCUT2D eigenvalue weighted by atomic mass is 16.6. The molecule has 2 heterocycles. The largest absolute Gasteiger partial charge is 0.390 e. The maximum absolute atomic E-state index is 13.1. The monoisotopic (exact) mass is 291 g/mol. The van der Waals surface area contributed by atoms with Crippen molar-refractivity contribution in [1.29, 1.82) is 0 Å². The van der Waals surface area contributed by atoms with Gasteiger partial charge in [-0.15, -0.1) is 0 Å². The van der Waals surface area contributed by atoms with Crippen LogP contribution >= 0.6 is 0 Å². The minimum absolute atomic E-state index is 0.00815. The number of nitrogens with zero attached hydrogens (tertiary/aromatic N) is 1. The molecule has 2 saturated heterocycles. The smallest absolute Gasteiger partial charge is 0.229 e. The first-order valence-corrected chi connectivity index (χ1v) is 8.76. The fraction of sp³-hybridized carbons (Fsp3) is 0.941. The van der Waals surface area contributed by atoms with E-state index >= 15 is 0 Å². The van der Waals surface area contributed by atoms with Crippen LogP contribution in [0.3, 0.4) is 0 Å². The summed E-state index contributed by atoms with van der Waals surface area (Å²) in [7, 11) is 0. The maximum atomic E-state index is 13.1. The van der Waals surface area contributed by atoms with E-state index in [2.05, 4.69) is 18.7 Å². The standard InChI is InChI=1S/C17H25NO3/c1-8(2)18-16(20)12-10-7-11-13(12)17(18,9-5-3-4-6-9)21-15(11)14(10)19/h8-15,19H,3-7H2,1-2H3. The highest BCUT2D eigenvalue weighted by Crippen LogP contribution is 2.70. The van der Waals surface area contributed by atoms with Crippen LogP contribution in [-0.4, -0.2) is 39.9 Å². The molecule has 0 radical (unpaired) electrons. The topological polar surface area (TPSA) is 49.8 Å². The van der Waals surface area contributed by atoms with Gasteiger partial charge in [-0.3, -0.25) is 4.79 Å². The van der Waals surface area contributed by atoms with Gasteiger partial charge in [0.15, 0.2) is 5.72 Å². The summed E-state index contributed by atoms with van der Waals surface area (Å²) < 4.78 is 6.61. The van der Waals surface area contributed by atoms with Crippen molar-refractivity contribution in [2.24, 2.45) is 29.6 Å². The number of rotatable bonds is 2. The molecular formula is C17H25NO3. The van der Waals surface area contributed by atoms with Crippen LogP contribution in [0.1, 0.15) is 46.0 Å². The second-order valence-corrected chi connectivity index (χ2v) is 8.22. The molecule has 2 bridgehead atoms. The van der Waals surface area contributed by atoms with Crippen LogP contribution in [0.5, 0.6) is 0 Å². The summed E-state index contributed by atoms with van der Waals surface area (Å²) in [6, 6.07) is 0.194. The van der Waals surface area contributed by atoms with Crippen LogP contribution in [0, 0.1) is 29.6 Å². The van der Waals surface area contributed by atoms with Crippen LogP contribution in [0.15, 0.2) is 0 Å². The van der Waals surface area contributed by atoms with Gasteiger partial charge in [-0.25, -0.2) is 0 Å². The van der Waals surface area contributed by atoms with Crippen LogP contribution in [0.25, 0.3) is 0 Å². The van der Waals surface area contributed by atoms with Gasteiger partial charge in [-0.2, -0.15) is 0 Å². The molecule has 21 heavy (non-hydrogen) atoms. The second-order valence-electron chi connectivity index (χ2n) is 8.22. The summed E-state index contributed by atoms with van der Waals surface area (Å²) in [5.74, 6) is 1.72. The summed E-state index contributed by atoms with van der Waals surface area (Å²) >= 11 is 0. The lowest BCUT2D eigenvalue weighted by molar-refractivity contribution is -0.203.